The molecule has 2 aromatic rings. The molecular formula is C10H8ClNO3. The molecule has 0 saturated carbocycles. The standard InChI is InChI=1S/C7H5ClO.C3H3NO2/c8-7(9)6-4-2-1-3-5-6;5-3-4-1-2-6-3/h1-5H;1-2H,(H,4,5). The summed E-state index contributed by atoms with van der Waals surface area (Å²) >= 11 is 5.16. The largest absolute Gasteiger partial charge is 0.417 e. The first-order chi connectivity index (χ1) is 7.20. The van der Waals surface area contributed by atoms with Gasteiger partial charge in [0.2, 0.25) is 0 Å². The van der Waals surface area contributed by atoms with Gasteiger partial charge in [0.15, 0.2) is 0 Å². The minimum Gasteiger partial charge on any atom is -0.417 e. The average Bonchev–Trinajstić information content (AvgIpc) is 2.71. The maximum Gasteiger partial charge on any atom is 0.416 e. The first-order valence-electron chi connectivity index (χ1n) is 4.07. The van der Waals surface area contributed by atoms with Crippen molar-refractivity contribution in [3.63, 3.8) is 0 Å². The Morgan fingerprint density at radius 3 is 2.20 bits per heavy atom. The Morgan fingerprint density at radius 2 is 1.93 bits per heavy atom. The Hall–Kier alpha value is -1.81. The summed E-state index contributed by atoms with van der Waals surface area (Å²) in [7, 11) is 0. The van der Waals surface area contributed by atoms with E-state index in [1.807, 2.05) is 6.07 Å². The molecule has 0 bridgehead atoms. The van der Waals surface area contributed by atoms with E-state index >= 15 is 0 Å². The molecule has 0 aliphatic rings. The Morgan fingerprint density at radius 1 is 1.27 bits per heavy atom. The van der Waals surface area contributed by atoms with Crippen LogP contribution in [0, 0.1) is 0 Å². The smallest absolute Gasteiger partial charge is 0.416 e. The summed E-state index contributed by atoms with van der Waals surface area (Å²) in [5.41, 5.74) is 0.541. The van der Waals surface area contributed by atoms with Crippen molar-refractivity contribution in [1.29, 1.82) is 0 Å². The maximum atomic E-state index is 10.4. The number of oxazole rings is 1. The second kappa shape index (κ2) is 5.82. The molecule has 0 atom stereocenters. The van der Waals surface area contributed by atoms with Crippen molar-refractivity contribution in [2.24, 2.45) is 0 Å². The highest BCUT2D eigenvalue weighted by molar-refractivity contribution is 6.67. The summed E-state index contributed by atoms with van der Waals surface area (Å²) in [6, 6.07) is 8.74. The molecule has 0 aliphatic carbocycles. The number of halogens is 1. The lowest BCUT2D eigenvalue weighted by Crippen LogP contribution is -1.91. The van der Waals surface area contributed by atoms with Gasteiger partial charge in [-0.05, 0) is 11.6 Å². The van der Waals surface area contributed by atoms with Crippen LogP contribution in [0.1, 0.15) is 10.4 Å². The van der Waals surface area contributed by atoms with E-state index in [0.29, 0.717) is 5.56 Å². The van der Waals surface area contributed by atoms with Crippen LogP contribution in [0.4, 0.5) is 0 Å². The molecule has 0 amide bonds. The van der Waals surface area contributed by atoms with Crippen LogP contribution < -0.4 is 5.76 Å². The van der Waals surface area contributed by atoms with Gasteiger partial charge < -0.3 is 4.42 Å². The fraction of sp³-hybridized carbons (Fsp3) is 0. The average molecular weight is 226 g/mol. The lowest BCUT2D eigenvalue weighted by atomic mass is 10.2. The van der Waals surface area contributed by atoms with E-state index in [0.717, 1.165) is 0 Å². The predicted molar refractivity (Wildman–Crippen MR) is 56.0 cm³/mol. The third-order valence-corrected chi connectivity index (χ3v) is 1.66. The number of aromatic nitrogens is 1. The van der Waals surface area contributed by atoms with Gasteiger partial charge in [0.1, 0.15) is 6.26 Å². The molecule has 78 valence electrons. The normalized spacial score (nSPS) is 8.87. The van der Waals surface area contributed by atoms with Gasteiger partial charge in [0.25, 0.3) is 5.24 Å². The van der Waals surface area contributed by atoms with Crippen molar-refractivity contribution in [3.05, 3.63) is 58.9 Å². The van der Waals surface area contributed by atoms with E-state index in [4.69, 9.17) is 11.6 Å². The van der Waals surface area contributed by atoms with E-state index < -0.39 is 11.0 Å². The van der Waals surface area contributed by atoms with Crippen LogP contribution in [-0.2, 0) is 0 Å². The van der Waals surface area contributed by atoms with E-state index in [2.05, 4.69) is 9.40 Å². The first kappa shape index (κ1) is 11.3. The van der Waals surface area contributed by atoms with Crippen LogP contribution in [0.3, 0.4) is 0 Å². The highest BCUT2D eigenvalue weighted by Gasteiger charge is 1.95. The zero-order chi connectivity index (χ0) is 11.1. The van der Waals surface area contributed by atoms with E-state index in [1.54, 1.807) is 24.3 Å². The molecule has 1 aromatic carbocycles. The highest BCUT2D eigenvalue weighted by Crippen LogP contribution is 2.01. The van der Waals surface area contributed by atoms with Crippen LogP contribution in [-0.4, -0.2) is 10.2 Å². The summed E-state index contributed by atoms with van der Waals surface area (Å²) in [4.78, 5) is 22.5. The first-order valence-corrected chi connectivity index (χ1v) is 4.45. The van der Waals surface area contributed by atoms with Crippen LogP contribution in [0.5, 0.6) is 0 Å². The van der Waals surface area contributed by atoms with Crippen LogP contribution >= 0.6 is 11.6 Å². The SMILES string of the molecule is O=C(Cl)c1ccccc1.O=c1[nH]cco1. The van der Waals surface area contributed by atoms with Crippen molar-refractivity contribution in [2.45, 2.75) is 0 Å². The van der Waals surface area contributed by atoms with Gasteiger partial charge in [-0.15, -0.1) is 0 Å². The third-order valence-electron chi connectivity index (χ3n) is 1.45. The zero-order valence-electron chi connectivity index (χ0n) is 7.64. The molecule has 0 unspecified atom stereocenters. The molecule has 5 heteroatoms. The predicted octanol–water partition coefficient (Wildman–Crippen LogP) is 2.03. The molecular weight excluding hydrogens is 218 g/mol. The summed E-state index contributed by atoms with van der Waals surface area (Å²) in [6.45, 7) is 0. The fourth-order valence-electron chi connectivity index (χ4n) is 0.801. The van der Waals surface area contributed by atoms with E-state index in [9.17, 15) is 9.59 Å². The molecule has 1 aromatic heterocycles. The Balaban J connectivity index is 0.000000162. The lowest BCUT2D eigenvalue weighted by Gasteiger charge is -1.87. The Bertz CT molecular complexity index is 444. The van der Waals surface area contributed by atoms with Crippen LogP contribution in [0.25, 0.3) is 0 Å². The van der Waals surface area contributed by atoms with Crippen molar-refractivity contribution < 1.29 is 9.21 Å². The Labute approximate surface area is 90.5 Å². The number of carbonyl (C=O) groups excluding carboxylic acids is 1. The molecule has 0 spiro atoms. The molecule has 2 rings (SSSR count). The second-order valence-corrected chi connectivity index (χ2v) is 2.84. The molecule has 0 aliphatic heterocycles. The number of nitrogens with one attached hydrogen (secondary N) is 1. The number of aromatic amines is 1. The topological polar surface area (TPSA) is 63.1 Å². The fourth-order valence-corrected chi connectivity index (χ4v) is 0.927. The highest BCUT2D eigenvalue weighted by atomic mass is 35.5. The number of carbonyl (C=O) groups is 1. The molecule has 0 radical (unpaired) electrons. The molecule has 0 fully saturated rings. The third kappa shape index (κ3) is 4.28. The van der Waals surface area contributed by atoms with Gasteiger partial charge in [-0.25, -0.2) is 4.79 Å². The van der Waals surface area contributed by atoms with E-state index in [1.165, 1.54) is 12.5 Å². The summed E-state index contributed by atoms with van der Waals surface area (Å²) in [5, 5.41) is -0.407. The van der Waals surface area contributed by atoms with Crippen molar-refractivity contribution in [3.8, 4) is 0 Å². The van der Waals surface area contributed by atoms with Crippen molar-refractivity contribution in [2.75, 3.05) is 0 Å². The van der Waals surface area contributed by atoms with Gasteiger partial charge in [-0.1, -0.05) is 30.3 Å². The zero-order valence-corrected chi connectivity index (χ0v) is 8.40. The minimum atomic E-state index is -0.407. The minimum absolute atomic E-state index is 0.407. The van der Waals surface area contributed by atoms with Crippen LogP contribution in [0.2, 0.25) is 0 Å². The van der Waals surface area contributed by atoms with Gasteiger partial charge in [-0.3, -0.25) is 9.78 Å². The maximum absolute atomic E-state index is 10.4. The van der Waals surface area contributed by atoms with E-state index in [-0.39, 0.29) is 0 Å². The van der Waals surface area contributed by atoms with Crippen LogP contribution in [0.15, 0.2) is 52.0 Å². The summed E-state index contributed by atoms with van der Waals surface area (Å²) < 4.78 is 4.22. The van der Waals surface area contributed by atoms with Gasteiger partial charge >= 0.3 is 5.76 Å². The number of rotatable bonds is 1. The number of H-pyrrole nitrogens is 1. The number of benzene rings is 1. The van der Waals surface area contributed by atoms with Crippen molar-refractivity contribution >= 4 is 16.8 Å². The Kier molecular flexibility index (Phi) is 4.37. The molecule has 1 heterocycles. The summed E-state index contributed by atoms with van der Waals surface area (Å²) in [6.07, 6.45) is 2.73. The second-order valence-electron chi connectivity index (χ2n) is 2.49. The van der Waals surface area contributed by atoms with Gasteiger partial charge in [-0.2, -0.15) is 0 Å². The molecule has 4 nitrogen and oxygen atoms in total. The van der Waals surface area contributed by atoms with Gasteiger partial charge in [0.05, 0.1) is 0 Å². The lowest BCUT2D eigenvalue weighted by molar-refractivity contribution is 0.108. The number of hydrogen-bond acceptors (Lipinski definition) is 3. The van der Waals surface area contributed by atoms with Gasteiger partial charge in [0, 0.05) is 11.8 Å². The monoisotopic (exact) mass is 225 g/mol. The molecule has 0 saturated heterocycles. The molecule has 15 heavy (non-hydrogen) atoms. The van der Waals surface area contributed by atoms with Crippen molar-refractivity contribution in [1.82, 2.24) is 4.98 Å². The summed E-state index contributed by atoms with van der Waals surface area (Å²) in [5.74, 6) is -0.407. The molecule has 1 N–H and O–H groups in total. The number of hydrogen-bond donors (Lipinski definition) is 1. The quantitative estimate of drug-likeness (QED) is 0.756.